The van der Waals surface area contributed by atoms with E-state index in [4.69, 9.17) is 14.3 Å². The average molecular weight is 470 g/mol. The first-order valence-electron chi connectivity index (χ1n) is 10.6. The zero-order valence-corrected chi connectivity index (χ0v) is 19.4. The number of hydrogen-bond donors (Lipinski definition) is 1. The minimum absolute atomic E-state index is 0.0570. The third-order valence-corrected chi connectivity index (χ3v) is 7.32. The molecule has 0 spiro atoms. The molecule has 3 aromatic rings. The van der Waals surface area contributed by atoms with Gasteiger partial charge in [0.25, 0.3) is 0 Å². The summed E-state index contributed by atoms with van der Waals surface area (Å²) in [7, 11) is -0.379. The van der Waals surface area contributed by atoms with E-state index in [1.54, 1.807) is 49.8 Å². The summed E-state index contributed by atoms with van der Waals surface area (Å²) >= 11 is 0. The first-order valence-corrected chi connectivity index (χ1v) is 12.1. The Bertz CT molecular complexity index is 1160. The molecule has 0 radical (unpaired) electrons. The van der Waals surface area contributed by atoms with Crippen LogP contribution in [0.1, 0.15) is 22.7 Å². The van der Waals surface area contributed by atoms with E-state index >= 15 is 0 Å². The van der Waals surface area contributed by atoms with Gasteiger partial charge in [-0.25, -0.2) is 13.1 Å². The second-order valence-electron chi connectivity index (χ2n) is 7.73. The highest BCUT2D eigenvalue weighted by Gasteiger charge is 2.43. The summed E-state index contributed by atoms with van der Waals surface area (Å²) in [4.78, 5) is 9.57. The number of sulfonamides is 1. The number of hydrogen-bond acceptors (Lipinski definition) is 7. The van der Waals surface area contributed by atoms with Crippen molar-refractivity contribution in [1.82, 2.24) is 14.8 Å². The third-order valence-electron chi connectivity index (χ3n) is 5.58. The largest absolute Gasteiger partial charge is 0.493 e. The van der Waals surface area contributed by atoms with Gasteiger partial charge in [-0.2, -0.15) is 5.06 Å². The molecule has 8 nitrogen and oxygen atoms in total. The monoisotopic (exact) mass is 469 g/mol. The Hall–Kier alpha value is -2.98. The molecule has 2 atom stereocenters. The van der Waals surface area contributed by atoms with Crippen LogP contribution in [0.3, 0.4) is 0 Å². The maximum Gasteiger partial charge on any atom is 0.219 e. The van der Waals surface area contributed by atoms with Gasteiger partial charge in [0, 0.05) is 26.0 Å². The Morgan fingerprint density at radius 1 is 1.06 bits per heavy atom. The molecule has 0 amide bonds. The molecule has 1 fully saturated rings. The van der Waals surface area contributed by atoms with Gasteiger partial charge >= 0.3 is 0 Å². The lowest BCUT2D eigenvalue weighted by Gasteiger charge is -2.24. The molecule has 4 rings (SSSR count). The quantitative estimate of drug-likeness (QED) is 0.515. The van der Waals surface area contributed by atoms with E-state index < -0.39 is 21.3 Å². The molecule has 2 aromatic carbocycles. The van der Waals surface area contributed by atoms with Crippen LogP contribution >= 0.6 is 0 Å². The number of nitrogens with one attached hydrogen (secondary N) is 1. The Morgan fingerprint density at radius 2 is 1.82 bits per heavy atom. The first-order chi connectivity index (χ1) is 16.0. The van der Waals surface area contributed by atoms with Gasteiger partial charge in [0.05, 0.1) is 19.8 Å². The molecule has 9 heteroatoms. The fourth-order valence-electron chi connectivity index (χ4n) is 3.79. The SMILES string of the molecule is COc1cc(C2C(S(=O)(=O)NCc3ccncc3)CON2C)ccc1OCc1ccccc1. The summed E-state index contributed by atoms with van der Waals surface area (Å²) in [5.41, 5.74) is 2.64. The van der Waals surface area contributed by atoms with Crippen LogP contribution in [0.4, 0.5) is 0 Å². The van der Waals surface area contributed by atoms with E-state index in [0.29, 0.717) is 18.1 Å². The molecule has 1 saturated heterocycles. The molecule has 174 valence electrons. The summed E-state index contributed by atoms with van der Waals surface area (Å²) in [5, 5.41) is 0.792. The summed E-state index contributed by atoms with van der Waals surface area (Å²) in [6.45, 7) is 0.647. The highest BCUT2D eigenvalue weighted by molar-refractivity contribution is 7.90. The van der Waals surface area contributed by atoms with E-state index in [1.807, 2.05) is 42.5 Å². The molecule has 2 heterocycles. The molecule has 1 aromatic heterocycles. The van der Waals surface area contributed by atoms with Crippen molar-refractivity contribution in [3.8, 4) is 11.5 Å². The maximum atomic E-state index is 13.1. The van der Waals surface area contributed by atoms with Crippen molar-refractivity contribution in [1.29, 1.82) is 0 Å². The standard InChI is InChI=1S/C24H27N3O5S/c1-27-24(23(17-32-27)33(28,29)26-15-18-10-12-25-13-11-18)20-8-9-21(22(14-20)30-2)31-16-19-6-4-3-5-7-19/h3-14,23-24,26H,15-17H2,1-2H3. The lowest BCUT2D eigenvalue weighted by molar-refractivity contribution is -0.110. The Morgan fingerprint density at radius 3 is 2.55 bits per heavy atom. The molecule has 1 N–H and O–H groups in total. The third kappa shape index (κ3) is 5.51. The zero-order valence-electron chi connectivity index (χ0n) is 18.5. The molecular formula is C24H27N3O5S. The van der Waals surface area contributed by atoms with E-state index in [0.717, 1.165) is 16.7 Å². The number of pyridine rings is 1. The highest BCUT2D eigenvalue weighted by Crippen LogP contribution is 2.38. The number of methoxy groups -OCH3 is 1. The number of aromatic nitrogens is 1. The van der Waals surface area contributed by atoms with Crippen molar-refractivity contribution in [2.75, 3.05) is 20.8 Å². The Labute approximate surface area is 194 Å². The summed E-state index contributed by atoms with van der Waals surface area (Å²) < 4.78 is 40.4. The molecular weight excluding hydrogens is 442 g/mol. The van der Waals surface area contributed by atoms with E-state index in [1.165, 1.54) is 0 Å². The van der Waals surface area contributed by atoms with Crippen LogP contribution in [-0.2, 0) is 28.0 Å². The fourth-order valence-corrected chi connectivity index (χ4v) is 5.28. The number of hydroxylamine groups is 2. The van der Waals surface area contributed by atoms with E-state index in [9.17, 15) is 8.42 Å². The van der Waals surface area contributed by atoms with Crippen LogP contribution in [0, 0.1) is 0 Å². The van der Waals surface area contributed by atoms with Crippen LogP contribution < -0.4 is 14.2 Å². The Kier molecular flexibility index (Phi) is 7.24. The average Bonchev–Trinajstić information content (AvgIpc) is 3.25. The van der Waals surface area contributed by atoms with Crippen LogP contribution in [0.15, 0.2) is 73.1 Å². The van der Waals surface area contributed by atoms with Gasteiger partial charge in [-0.15, -0.1) is 0 Å². The smallest absolute Gasteiger partial charge is 0.219 e. The van der Waals surface area contributed by atoms with E-state index in [-0.39, 0.29) is 13.2 Å². The number of ether oxygens (including phenoxy) is 2. The maximum absolute atomic E-state index is 13.1. The molecule has 1 aliphatic heterocycles. The van der Waals surface area contributed by atoms with Crippen LogP contribution in [0.5, 0.6) is 11.5 Å². The van der Waals surface area contributed by atoms with Crippen molar-refractivity contribution in [2.45, 2.75) is 24.4 Å². The topological polar surface area (TPSA) is 90.0 Å². The lowest BCUT2D eigenvalue weighted by Crippen LogP contribution is -2.39. The predicted octanol–water partition coefficient (Wildman–Crippen LogP) is 3.08. The van der Waals surface area contributed by atoms with Gasteiger partial charge in [0.15, 0.2) is 11.5 Å². The molecule has 33 heavy (non-hydrogen) atoms. The van der Waals surface area contributed by atoms with Crippen molar-refractivity contribution in [2.24, 2.45) is 0 Å². The van der Waals surface area contributed by atoms with Gasteiger partial charge in [0.1, 0.15) is 11.9 Å². The van der Waals surface area contributed by atoms with Crippen molar-refractivity contribution >= 4 is 10.0 Å². The molecule has 2 unspecified atom stereocenters. The molecule has 0 aliphatic carbocycles. The zero-order chi connectivity index (χ0) is 23.3. The van der Waals surface area contributed by atoms with E-state index in [2.05, 4.69) is 9.71 Å². The lowest BCUT2D eigenvalue weighted by atomic mass is 10.0. The van der Waals surface area contributed by atoms with Gasteiger partial charge in [-0.1, -0.05) is 36.4 Å². The summed E-state index contributed by atoms with van der Waals surface area (Å²) in [6, 6.07) is 18.3. The van der Waals surface area contributed by atoms with Gasteiger partial charge in [-0.05, 0) is 41.0 Å². The summed E-state index contributed by atoms with van der Waals surface area (Å²) in [5.74, 6) is 1.12. The van der Waals surface area contributed by atoms with Crippen LogP contribution in [0.2, 0.25) is 0 Å². The summed E-state index contributed by atoms with van der Waals surface area (Å²) in [6.07, 6.45) is 3.26. The Balaban J connectivity index is 1.51. The van der Waals surface area contributed by atoms with Crippen molar-refractivity contribution in [3.63, 3.8) is 0 Å². The van der Waals surface area contributed by atoms with Crippen molar-refractivity contribution < 1.29 is 22.7 Å². The van der Waals surface area contributed by atoms with Crippen LogP contribution in [-0.4, -0.2) is 44.5 Å². The minimum Gasteiger partial charge on any atom is -0.493 e. The minimum atomic E-state index is -3.67. The molecule has 1 aliphatic rings. The normalized spacial score (nSPS) is 18.8. The van der Waals surface area contributed by atoms with Gasteiger partial charge in [0.2, 0.25) is 10.0 Å². The van der Waals surface area contributed by atoms with Gasteiger partial charge < -0.3 is 9.47 Å². The molecule has 0 bridgehead atoms. The van der Waals surface area contributed by atoms with Crippen LogP contribution in [0.25, 0.3) is 0 Å². The predicted molar refractivity (Wildman–Crippen MR) is 124 cm³/mol. The second-order valence-corrected chi connectivity index (χ2v) is 9.72. The second kappa shape index (κ2) is 10.3. The first kappa shape index (κ1) is 23.2. The fraction of sp³-hybridized carbons (Fsp3) is 0.292. The number of benzene rings is 2. The highest BCUT2D eigenvalue weighted by atomic mass is 32.2. The number of rotatable bonds is 9. The van der Waals surface area contributed by atoms with Crippen molar-refractivity contribution in [3.05, 3.63) is 89.7 Å². The number of nitrogens with zero attached hydrogens (tertiary/aromatic N) is 2. The molecule has 0 saturated carbocycles. The van der Waals surface area contributed by atoms with Gasteiger partial charge in [-0.3, -0.25) is 9.82 Å².